The van der Waals surface area contributed by atoms with Gasteiger partial charge in [0, 0.05) is 37.7 Å². The van der Waals surface area contributed by atoms with E-state index in [0.29, 0.717) is 31.7 Å². The molecule has 0 radical (unpaired) electrons. The second-order valence-electron chi connectivity index (χ2n) is 7.24. The highest BCUT2D eigenvalue weighted by molar-refractivity contribution is 5.95. The summed E-state index contributed by atoms with van der Waals surface area (Å²) in [7, 11) is 1.93. The summed E-state index contributed by atoms with van der Waals surface area (Å²) in [6.45, 7) is 2.48. The topological polar surface area (TPSA) is 104 Å². The molecule has 0 spiro atoms. The van der Waals surface area contributed by atoms with Crippen LogP contribution in [0.25, 0.3) is 0 Å². The van der Waals surface area contributed by atoms with E-state index in [2.05, 4.69) is 15.5 Å². The molecule has 9 heteroatoms. The predicted molar refractivity (Wildman–Crippen MR) is 90.3 cm³/mol. The van der Waals surface area contributed by atoms with Crippen molar-refractivity contribution in [3.63, 3.8) is 0 Å². The molecule has 0 unspecified atom stereocenters. The molecule has 136 valence electrons. The molecule has 2 atom stereocenters. The van der Waals surface area contributed by atoms with E-state index in [1.165, 1.54) is 6.33 Å². The molecule has 2 aromatic rings. The second kappa shape index (κ2) is 6.17. The monoisotopic (exact) mass is 356 g/mol. The van der Waals surface area contributed by atoms with Crippen molar-refractivity contribution in [1.29, 1.82) is 0 Å². The number of carboxylic acid groups (broad SMARTS) is 1. The van der Waals surface area contributed by atoms with Crippen LogP contribution in [0.2, 0.25) is 0 Å². The fraction of sp³-hybridized carbons (Fsp3) is 0.471. The zero-order valence-electron chi connectivity index (χ0n) is 14.4. The molecular weight excluding hydrogens is 336 g/mol. The number of aromatic nitrogens is 4. The lowest BCUT2D eigenvalue weighted by Crippen LogP contribution is -2.41. The van der Waals surface area contributed by atoms with E-state index >= 15 is 0 Å². The molecule has 4 rings (SSSR count). The average molecular weight is 356 g/mol. The van der Waals surface area contributed by atoms with Crippen LogP contribution in [0.3, 0.4) is 0 Å². The summed E-state index contributed by atoms with van der Waals surface area (Å²) in [5.74, 6) is -0.941. The Balaban J connectivity index is 1.47. The highest BCUT2D eigenvalue weighted by Gasteiger charge is 2.57. The van der Waals surface area contributed by atoms with Crippen molar-refractivity contribution in [2.75, 3.05) is 33.2 Å². The van der Waals surface area contributed by atoms with Gasteiger partial charge in [-0.3, -0.25) is 9.59 Å². The predicted octanol–water partition coefficient (Wildman–Crippen LogP) is -0.190. The van der Waals surface area contributed by atoms with E-state index in [1.54, 1.807) is 21.7 Å². The van der Waals surface area contributed by atoms with Gasteiger partial charge in [-0.05, 0) is 35.2 Å². The first kappa shape index (κ1) is 16.6. The SMILES string of the molecule is CN1C[C@H]2CN(C(=O)c3ccc(Cn4cnnn4)cc3)C[C@@]2(C(=O)O)C1. The number of fused-ring (bicyclic) bond motifs is 1. The molecule has 2 saturated heterocycles. The van der Waals surface area contributed by atoms with Gasteiger partial charge in [-0.15, -0.1) is 5.10 Å². The number of carbonyl (C=O) groups is 2. The molecule has 1 aromatic heterocycles. The van der Waals surface area contributed by atoms with Crippen LogP contribution in [0.1, 0.15) is 15.9 Å². The zero-order chi connectivity index (χ0) is 18.3. The number of tetrazole rings is 1. The van der Waals surface area contributed by atoms with E-state index < -0.39 is 11.4 Å². The summed E-state index contributed by atoms with van der Waals surface area (Å²) in [6.07, 6.45) is 1.53. The maximum atomic E-state index is 12.8. The minimum atomic E-state index is -0.843. The van der Waals surface area contributed by atoms with Crippen molar-refractivity contribution in [1.82, 2.24) is 30.0 Å². The third-order valence-corrected chi connectivity index (χ3v) is 5.43. The van der Waals surface area contributed by atoms with E-state index in [1.807, 2.05) is 24.1 Å². The number of nitrogens with zero attached hydrogens (tertiary/aromatic N) is 6. The molecule has 2 fully saturated rings. The van der Waals surface area contributed by atoms with Crippen molar-refractivity contribution in [3.05, 3.63) is 41.7 Å². The molecule has 9 nitrogen and oxygen atoms in total. The van der Waals surface area contributed by atoms with Crippen LogP contribution < -0.4 is 0 Å². The van der Waals surface area contributed by atoms with Crippen LogP contribution in [0.15, 0.2) is 30.6 Å². The number of carboxylic acids is 1. The first-order valence-electron chi connectivity index (χ1n) is 8.49. The Labute approximate surface area is 150 Å². The van der Waals surface area contributed by atoms with Gasteiger partial charge in [0.1, 0.15) is 11.7 Å². The Morgan fingerprint density at radius 3 is 2.62 bits per heavy atom. The van der Waals surface area contributed by atoms with Gasteiger partial charge in [0.25, 0.3) is 5.91 Å². The van der Waals surface area contributed by atoms with Gasteiger partial charge in [-0.1, -0.05) is 12.1 Å². The molecule has 2 aliphatic heterocycles. The zero-order valence-corrected chi connectivity index (χ0v) is 14.4. The lowest BCUT2D eigenvalue weighted by Gasteiger charge is -2.24. The van der Waals surface area contributed by atoms with Crippen molar-refractivity contribution in [3.8, 4) is 0 Å². The maximum absolute atomic E-state index is 12.8. The fourth-order valence-corrected chi connectivity index (χ4v) is 4.15. The van der Waals surface area contributed by atoms with E-state index in [0.717, 1.165) is 5.56 Å². The summed E-state index contributed by atoms with van der Waals surface area (Å²) in [6, 6.07) is 7.28. The molecular formula is C17H20N6O3. The van der Waals surface area contributed by atoms with Crippen molar-refractivity contribution in [2.45, 2.75) is 6.54 Å². The smallest absolute Gasteiger partial charge is 0.313 e. The molecule has 2 aliphatic rings. The minimum absolute atomic E-state index is 0.0203. The van der Waals surface area contributed by atoms with Gasteiger partial charge < -0.3 is 14.9 Å². The molecule has 26 heavy (non-hydrogen) atoms. The molecule has 0 aliphatic carbocycles. The Morgan fingerprint density at radius 2 is 2.00 bits per heavy atom. The standard InChI is InChI=1S/C17H20N6O3/c1-21-7-14-8-22(10-17(14,9-21)16(25)26)15(24)13-4-2-12(3-5-13)6-23-11-18-19-20-23/h2-5,11,14H,6-10H2,1H3,(H,25,26)/t14-,17-/m0/s1. The summed E-state index contributed by atoms with van der Waals surface area (Å²) in [5.41, 5.74) is 0.708. The van der Waals surface area contributed by atoms with Gasteiger partial charge in [0.15, 0.2) is 0 Å². The summed E-state index contributed by atoms with van der Waals surface area (Å²) >= 11 is 0. The Hall–Kier alpha value is -2.81. The van der Waals surface area contributed by atoms with Crippen LogP contribution in [-0.4, -0.2) is 80.2 Å². The molecule has 1 aromatic carbocycles. The lowest BCUT2D eigenvalue weighted by atomic mass is 9.81. The molecule has 0 bridgehead atoms. The van der Waals surface area contributed by atoms with Crippen LogP contribution in [-0.2, 0) is 11.3 Å². The minimum Gasteiger partial charge on any atom is -0.481 e. The van der Waals surface area contributed by atoms with Crippen LogP contribution in [0.4, 0.5) is 0 Å². The third-order valence-electron chi connectivity index (χ3n) is 5.43. The maximum Gasteiger partial charge on any atom is 0.313 e. The normalized spacial score (nSPS) is 25.4. The van der Waals surface area contributed by atoms with Crippen molar-refractivity contribution in [2.24, 2.45) is 11.3 Å². The first-order chi connectivity index (χ1) is 12.5. The number of likely N-dealkylation sites (tertiary alicyclic amines) is 2. The molecule has 1 amide bonds. The Morgan fingerprint density at radius 1 is 1.23 bits per heavy atom. The third kappa shape index (κ3) is 2.74. The summed E-state index contributed by atoms with van der Waals surface area (Å²) in [4.78, 5) is 28.4. The van der Waals surface area contributed by atoms with Gasteiger partial charge >= 0.3 is 5.97 Å². The highest BCUT2D eigenvalue weighted by atomic mass is 16.4. The number of aliphatic carboxylic acids is 1. The fourth-order valence-electron chi connectivity index (χ4n) is 4.15. The first-order valence-corrected chi connectivity index (χ1v) is 8.49. The van der Waals surface area contributed by atoms with Gasteiger partial charge in [0.2, 0.25) is 0 Å². The average Bonchev–Trinajstić information content (AvgIpc) is 3.29. The van der Waals surface area contributed by atoms with Crippen LogP contribution >= 0.6 is 0 Å². The number of hydrogen-bond acceptors (Lipinski definition) is 6. The van der Waals surface area contributed by atoms with Crippen LogP contribution in [0, 0.1) is 11.3 Å². The van der Waals surface area contributed by atoms with Crippen LogP contribution in [0.5, 0.6) is 0 Å². The van der Waals surface area contributed by atoms with Gasteiger partial charge in [-0.25, -0.2) is 4.68 Å². The summed E-state index contributed by atoms with van der Waals surface area (Å²) < 4.78 is 1.60. The Kier molecular flexibility index (Phi) is 3.95. The largest absolute Gasteiger partial charge is 0.481 e. The number of hydrogen-bond donors (Lipinski definition) is 1. The molecule has 3 heterocycles. The quantitative estimate of drug-likeness (QED) is 0.809. The van der Waals surface area contributed by atoms with Crippen molar-refractivity contribution < 1.29 is 14.7 Å². The van der Waals surface area contributed by atoms with Crippen molar-refractivity contribution >= 4 is 11.9 Å². The number of benzene rings is 1. The second-order valence-corrected chi connectivity index (χ2v) is 7.24. The number of rotatable bonds is 4. The lowest BCUT2D eigenvalue weighted by molar-refractivity contribution is -0.148. The van der Waals surface area contributed by atoms with Gasteiger partial charge in [0.05, 0.1) is 6.54 Å². The molecule has 1 N–H and O–H groups in total. The Bertz CT molecular complexity index is 822. The van der Waals surface area contributed by atoms with Gasteiger partial charge in [-0.2, -0.15) is 0 Å². The number of carbonyl (C=O) groups excluding carboxylic acids is 1. The van der Waals surface area contributed by atoms with E-state index in [9.17, 15) is 14.7 Å². The molecule has 0 saturated carbocycles. The highest BCUT2D eigenvalue weighted by Crippen LogP contribution is 2.42. The van der Waals surface area contributed by atoms with E-state index in [4.69, 9.17) is 0 Å². The number of amides is 1. The van der Waals surface area contributed by atoms with E-state index in [-0.39, 0.29) is 18.4 Å². The summed E-state index contributed by atoms with van der Waals surface area (Å²) in [5, 5.41) is 20.7.